The maximum absolute atomic E-state index is 11.1. The summed E-state index contributed by atoms with van der Waals surface area (Å²) in [6.07, 6.45) is 7.52. The molecule has 0 spiro atoms. The van der Waals surface area contributed by atoms with Crippen molar-refractivity contribution in [3.8, 4) is 0 Å². The van der Waals surface area contributed by atoms with E-state index in [1.807, 2.05) is 5.38 Å². The molecule has 1 saturated carbocycles. The van der Waals surface area contributed by atoms with Crippen LogP contribution in [0.2, 0.25) is 0 Å². The molecule has 1 fully saturated rings. The number of esters is 1. The molecule has 0 bridgehead atoms. The summed E-state index contributed by atoms with van der Waals surface area (Å²) in [5.41, 5.74) is 0.977. The molecule has 5 heteroatoms. The Morgan fingerprint density at radius 2 is 2.20 bits per heavy atom. The van der Waals surface area contributed by atoms with Gasteiger partial charge in [0.25, 0.3) is 0 Å². The van der Waals surface area contributed by atoms with Crippen LogP contribution in [-0.2, 0) is 16.0 Å². The van der Waals surface area contributed by atoms with Crippen molar-refractivity contribution in [3.63, 3.8) is 0 Å². The van der Waals surface area contributed by atoms with Gasteiger partial charge in [-0.3, -0.25) is 4.79 Å². The molecular formula is C15H24N2O2S. The molecule has 0 amide bonds. The van der Waals surface area contributed by atoms with Crippen LogP contribution in [0.25, 0.3) is 0 Å². The lowest BCUT2D eigenvalue weighted by molar-refractivity contribution is -0.140. The minimum absolute atomic E-state index is 0.176. The van der Waals surface area contributed by atoms with Gasteiger partial charge >= 0.3 is 5.97 Å². The van der Waals surface area contributed by atoms with Gasteiger partial charge in [-0.05, 0) is 31.6 Å². The third-order valence-corrected chi connectivity index (χ3v) is 4.94. The summed E-state index contributed by atoms with van der Waals surface area (Å²) < 4.78 is 4.64. The highest BCUT2D eigenvalue weighted by Crippen LogP contribution is 2.29. The van der Waals surface area contributed by atoms with Crippen molar-refractivity contribution >= 4 is 22.4 Å². The molecule has 1 aromatic rings. The molecule has 1 heterocycles. The van der Waals surface area contributed by atoms with E-state index in [2.05, 4.69) is 22.0 Å². The molecule has 4 nitrogen and oxygen atoms in total. The Hall–Kier alpha value is -1.10. The first-order valence-electron chi connectivity index (χ1n) is 7.49. The van der Waals surface area contributed by atoms with Crippen LogP contribution in [0.4, 0.5) is 5.13 Å². The molecule has 0 aliphatic heterocycles. The molecule has 0 aromatic carbocycles. The topological polar surface area (TPSA) is 51.2 Å². The van der Waals surface area contributed by atoms with Gasteiger partial charge in [0.15, 0.2) is 5.13 Å². The number of aryl methyl sites for hydroxylation is 1. The standard InChI is InChI=1S/C15H24N2O2S/c1-3-11-4-6-12(7-5-11)16-15-17-13(10-20-15)8-9-14(18)19-2/h10-12H,3-9H2,1-2H3,(H,16,17). The highest BCUT2D eigenvalue weighted by molar-refractivity contribution is 7.13. The number of carbonyl (C=O) groups excluding carboxylic acids is 1. The number of hydrogen-bond donors (Lipinski definition) is 1. The monoisotopic (exact) mass is 296 g/mol. The average Bonchev–Trinajstić information content (AvgIpc) is 2.93. The molecular weight excluding hydrogens is 272 g/mol. The second-order valence-electron chi connectivity index (χ2n) is 5.49. The van der Waals surface area contributed by atoms with Gasteiger partial charge in [-0.2, -0.15) is 0 Å². The number of aromatic nitrogens is 1. The summed E-state index contributed by atoms with van der Waals surface area (Å²) in [6, 6.07) is 0.567. The van der Waals surface area contributed by atoms with E-state index in [0.717, 1.165) is 16.7 Å². The van der Waals surface area contributed by atoms with Crippen molar-refractivity contribution in [2.45, 2.75) is 57.9 Å². The van der Waals surface area contributed by atoms with Crippen LogP contribution in [0, 0.1) is 5.92 Å². The SMILES string of the molecule is CCC1CCC(Nc2nc(CCC(=O)OC)cs2)CC1. The largest absolute Gasteiger partial charge is 0.469 e. The molecule has 0 unspecified atom stereocenters. The zero-order valence-corrected chi connectivity index (χ0v) is 13.2. The summed E-state index contributed by atoms with van der Waals surface area (Å²) in [4.78, 5) is 15.7. The second kappa shape index (κ2) is 7.62. The maximum Gasteiger partial charge on any atom is 0.305 e. The molecule has 1 aliphatic carbocycles. The summed E-state index contributed by atoms with van der Waals surface area (Å²) in [5, 5.41) is 6.56. The Labute approximate surface area is 124 Å². The predicted octanol–water partition coefficient (Wildman–Crippen LogP) is 3.63. The van der Waals surface area contributed by atoms with Crippen molar-refractivity contribution < 1.29 is 9.53 Å². The van der Waals surface area contributed by atoms with Gasteiger partial charge in [0.2, 0.25) is 0 Å². The molecule has 112 valence electrons. The van der Waals surface area contributed by atoms with Gasteiger partial charge in [0.05, 0.1) is 19.2 Å². The molecule has 1 N–H and O–H groups in total. The van der Waals surface area contributed by atoms with Gasteiger partial charge in [0.1, 0.15) is 0 Å². The zero-order chi connectivity index (χ0) is 14.4. The van der Waals surface area contributed by atoms with Crippen LogP contribution in [0.5, 0.6) is 0 Å². The van der Waals surface area contributed by atoms with Gasteiger partial charge in [-0.25, -0.2) is 4.98 Å². The minimum Gasteiger partial charge on any atom is -0.469 e. The number of hydrogen-bond acceptors (Lipinski definition) is 5. The van der Waals surface area contributed by atoms with Crippen molar-refractivity contribution in [2.75, 3.05) is 12.4 Å². The third kappa shape index (κ3) is 4.47. The Morgan fingerprint density at radius 1 is 1.45 bits per heavy atom. The summed E-state index contributed by atoms with van der Waals surface area (Å²) >= 11 is 1.63. The van der Waals surface area contributed by atoms with Gasteiger partial charge < -0.3 is 10.1 Å². The molecule has 0 atom stereocenters. The second-order valence-corrected chi connectivity index (χ2v) is 6.35. The van der Waals surface area contributed by atoms with Crippen molar-refractivity contribution in [1.82, 2.24) is 4.98 Å². The van der Waals surface area contributed by atoms with E-state index in [9.17, 15) is 4.79 Å². The van der Waals surface area contributed by atoms with Gasteiger partial charge in [0, 0.05) is 17.8 Å². The normalized spacial score (nSPS) is 22.5. The lowest BCUT2D eigenvalue weighted by atomic mass is 9.85. The van der Waals surface area contributed by atoms with E-state index in [-0.39, 0.29) is 5.97 Å². The first-order chi connectivity index (χ1) is 9.71. The van der Waals surface area contributed by atoms with E-state index >= 15 is 0 Å². The maximum atomic E-state index is 11.1. The van der Waals surface area contributed by atoms with E-state index < -0.39 is 0 Å². The molecule has 1 aromatic heterocycles. The van der Waals surface area contributed by atoms with Crippen molar-refractivity contribution in [3.05, 3.63) is 11.1 Å². The molecule has 0 saturated heterocycles. The fraction of sp³-hybridized carbons (Fsp3) is 0.733. The van der Waals surface area contributed by atoms with Crippen LogP contribution in [0.3, 0.4) is 0 Å². The van der Waals surface area contributed by atoms with E-state index in [1.54, 1.807) is 11.3 Å². The van der Waals surface area contributed by atoms with Crippen LogP contribution in [0.15, 0.2) is 5.38 Å². The summed E-state index contributed by atoms with van der Waals surface area (Å²) in [7, 11) is 1.42. The number of rotatable bonds is 6. The first-order valence-corrected chi connectivity index (χ1v) is 8.37. The molecule has 2 rings (SSSR count). The van der Waals surface area contributed by atoms with Crippen LogP contribution < -0.4 is 5.32 Å². The first kappa shape index (κ1) is 15.3. The summed E-state index contributed by atoms with van der Waals surface area (Å²) in [5.74, 6) is 0.741. The highest BCUT2D eigenvalue weighted by atomic mass is 32.1. The number of methoxy groups -OCH3 is 1. The third-order valence-electron chi connectivity index (χ3n) is 4.12. The fourth-order valence-corrected chi connectivity index (χ4v) is 3.53. The zero-order valence-electron chi connectivity index (χ0n) is 12.4. The number of anilines is 1. The smallest absolute Gasteiger partial charge is 0.305 e. The highest BCUT2D eigenvalue weighted by Gasteiger charge is 2.20. The van der Waals surface area contributed by atoms with E-state index in [1.165, 1.54) is 39.2 Å². The Kier molecular flexibility index (Phi) is 5.83. The molecule has 0 radical (unpaired) electrons. The predicted molar refractivity (Wildman–Crippen MR) is 82.1 cm³/mol. The molecule has 1 aliphatic rings. The van der Waals surface area contributed by atoms with Crippen molar-refractivity contribution in [1.29, 1.82) is 0 Å². The Bertz CT molecular complexity index is 425. The van der Waals surface area contributed by atoms with E-state index in [4.69, 9.17) is 0 Å². The number of nitrogens with zero attached hydrogens (tertiary/aromatic N) is 1. The fourth-order valence-electron chi connectivity index (χ4n) is 2.71. The quantitative estimate of drug-likeness (QED) is 0.814. The number of ether oxygens (including phenoxy) is 1. The Morgan fingerprint density at radius 3 is 2.85 bits per heavy atom. The summed E-state index contributed by atoms with van der Waals surface area (Å²) in [6.45, 7) is 2.28. The number of thiazole rings is 1. The lowest BCUT2D eigenvalue weighted by Crippen LogP contribution is -2.25. The number of carbonyl (C=O) groups is 1. The van der Waals surface area contributed by atoms with Crippen LogP contribution in [-0.4, -0.2) is 24.1 Å². The average molecular weight is 296 g/mol. The van der Waals surface area contributed by atoms with Gasteiger partial charge in [-0.1, -0.05) is 13.3 Å². The van der Waals surface area contributed by atoms with Gasteiger partial charge in [-0.15, -0.1) is 11.3 Å². The minimum atomic E-state index is -0.176. The van der Waals surface area contributed by atoms with E-state index in [0.29, 0.717) is 18.9 Å². The lowest BCUT2D eigenvalue weighted by Gasteiger charge is -2.28. The number of nitrogens with one attached hydrogen (secondary N) is 1. The molecule has 20 heavy (non-hydrogen) atoms. The Balaban J connectivity index is 1.77. The van der Waals surface area contributed by atoms with Crippen LogP contribution >= 0.6 is 11.3 Å². The van der Waals surface area contributed by atoms with Crippen LogP contribution in [0.1, 0.15) is 51.1 Å². The van der Waals surface area contributed by atoms with Crippen molar-refractivity contribution in [2.24, 2.45) is 5.92 Å².